The molecule has 0 fully saturated rings. The van der Waals surface area contributed by atoms with Crippen molar-refractivity contribution in [2.45, 2.75) is 18.9 Å². The molecule has 0 bridgehead atoms. The van der Waals surface area contributed by atoms with Crippen molar-refractivity contribution in [3.05, 3.63) is 36.2 Å². The molecule has 6 heteroatoms. The van der Waals surface area contributed by atoms with Crippen LogP contribution in [-0.2, 0) is 0 Å². The Bertz CT molecular complexity index is 567. The Hall–Kier alpha value is -1.92. The fraction of sp³-hybridized carbons (Fsp3) is 0.385. The SMILES string of the molecule is CCC(CO)(CO)NC(=O)c1cnn2ccccc12. The first kappa shape index (κ1) is 13.5. The molecule has 102 valence electrons. The number of hydrogen-bond acceptors (Lipinski definition) is 4. The van der Waals surface area contributed by atoms with Crippen LogP contribution in [0.4, 0.5) is 0 Å². The van der Waals surface area contributed by atoms with Gasteiger partial charge in [-0.15, -0.1) is 0 Å². The molecule has 0 radical (unpaired) electrons. The summed E-state index contributed by atoms with van der Waals surface area (Å²) in [7, 11) is 0. The van der Waals surface area contributed by atoms with Gasteiger partial charge in [0.05, 0.1) is 36.0 Å². The molecular weight excluding hydrogens is 246 g/mol. The molecule has 0 unspecified atom stereocenters. The minimum Gasteiger partial charge on any atom is -0.394 e. The summed E-state index contributed by atoms with van der Waals surface area (Å²) in [5.41, 5.74) is 0.0985. The zero-order chi connectivity index (χ0) is 13.9. The van der Waals surface area contributed by atoms with Crippen LogP contribution in [0.5, 0.6) is 0 Å². The fourth-order valence-corrected chi connectivity index (χ4v) is 1.86. The Kier molecular flexibility index (Phi) is 3.82. The quantitative estimate of drug-likeness (QED) is 0.719. The smallest absolute Gasteiger partial charge is 0.255 e. The van der Waals surface area contributed by atoms with E-state index in [0.717, 1.165) is 0 Å². The lowest BCUT2D eigenvalue weighted by Gasteiger charge is -2.29. The van der Waals surface area contributed by atoms with Crippen LogP contribution in [-0.4, -0.2) is 44.5 Å². The van der Waals surface area contributed by atoms with Crippen molar-refractivity contribution < 1.29 is 15.0 Å². The van der Waals surface area contributed by atoms with Gasteiger partial charge in [-0.05, 0) is 18.6 Å². The lowest BCUT2D eigenvalue weighted by atomic mass is 9.98. The zero-order valence-corrected chi connectivity index (χ0v) is 10.7. The van der Waals surface area contributed by atoms with E-state index in [1.165, 1.54) is 6.20 Å². The highest BCUT2D eigenvalue weighted by molar-refractivity contribution is 6.00. The van der Waals surface area contributed by atoms with E-state index >= 15 is 0 Å². The summed E-state index contributed by atoms with van der Waals surface area (Å²) in [6.45, 7) is 1.17. The highest BCUT2D eigenvalue weighted by atomic mass is 16.3. The van der Waals surface area contributed by atoms with Gasteiger partial charge in [0.2, 0.25) is 0 Å². The van der Waals surface area contributed by atoms with E-state index in [4.69, 9.17) is 0 Å². The largest absolute Gasteiger partial charge is 0.394 e. The molecule has 0 aromatic carbocycles. The van der Waals surface area contributed by atoms with E-state index in [0.29, 0.717) is 17.5 Å². The number of aromatic nitrogens is 2. The van der Waals surface area contributed by atoms with Gasteiger partial charge in [-0.2, -0.15) is 5.10 Å². The standard InChI is InChI=1S/C13H17N3O3/c1-2-13(8-17,9-18)15-12(19)10-7-14-16-6-4-3-5-11(10)16/h3-7,17-18H,2,8-9H2,1H3,(H,15,19). The van der Waals surface area contributed by atoms with Crippen LogP contribution >= 0.6 is 0 Å². The Morgan fingerprint density at radius 3 is 2.79 bits per heavy atom. The summed E-state index contributed by atoms with van der Waals surface area (Å²) < 4.78 is 1.60. The molecule has 0 aliphatic carbocycles. The van der Waals surface area contributed by atoms with Gasteiger partial charge in [-0.1, -0.05) is 13.0 Å². The van der Waals surface area contributed by atoms with Crippen molar-refractivity contribution in [1.29, 1.82) is 0 Å². The van der Waals surface area contributed by atoms with Crippen molar-refractivity contribution in [3.8, 4) is 0 Å². The first-order chi connectivity index (χ1) is 9.15. The second kappa shape index (κ2) is 5.38. The molecular formula is C13H17N3O3. The topological polar surface area (TPSA) is 86.9 Å². The molecule has 2 rings (SSSR count). The van der Waals surface area contributed by atoms with Crippen molar-refractivity contribution >= 4 is 11.4 Å². The van der Waals surface area contributed by atoms with Gasteiger partial charge in [-0.3, -0.25) is 4.79 Å². The van der Waals surface area contributed by atoms with Crippen LogP contribution in [0.1, 0.15) is 23.7 Å². The summed E-state index contributed by atoms with van der Waals surface area (Å²) in [5.74, 6) is -0.355. The Morgan fingerprint density at radius 1 is 1.42 bits per heavy atom. The lowest BCUT2D eigenvalue weighted by molar-refractivity contribution is 0.0654. The van der Waals surface area contributed by atoms with Crippen LogP contribution in [0.25, 0.3) is 5.52 Å². The number of nitrogens with zero attached hydrogens (tertiary/aromatic N) is 2. The summed E-state index contributed by atoms with van der Waals surface area (Å²) in [4.78, 5) is 12.2. The predicted molar refractivity (Wildman–Crippen MR) is 69.9 cm³/mol. The van der Waals surface area contributed by atoms with Gasteiger partial charge < -0.3 is 15.5 Å². The third-order valence-electron chi connectivity index (χ3n) is 3.33. The summed E-state index contributed by atoms with van der Waals surface area (Å²) in [5, 5.41) is 25.4. The van der Waals surface area contributed by atoms with E-state index in [1.807, 2.05) is 12.1 Å². The number of hydrogen-bond donors (Lipinski definition) is 3. The van der Waals surface area contributed by atoms with Gasteiger partial charge in [0.25, 0.3) is 5.91 Å². The number of fused-ring (bicyclic) bond motifs is 1. The average Bonchev–Trinajstić information content (AvgIpc) is 2.89. The molecule has 2 aromatic rings. The second-order valence-corrected chi connectivity index (χ2v) is 4.49. The number of amides is 1. The van der Waals surface area contributed by atoms with Crippen LogP contribution < -0.4 is 5.32 Å². The van der Waals surface area contributed by atoms with Crippen molar-refractivity contribution in [1.82, 2.24) is 14.9 Å². The second-order valence-electron chi connectivity index (χ2n) is 4.49. The maximum atomic E-state index is 12.2. The molecule has 0 spiro atoms. The molecule has 0 atom stereocenters. The highest BCUT2D eigenvalue weighted by Gasteiger charge is 2.29. The van der Waals surface area contributed by atoms with Crippen molar-refractivity contribution in [2.24, 2.45) is 0 Å². The summed E-state index contributed by atoms with van der Waals surface area (Å²) in [6, 6.07) is 5.42. The normalized spacial score (nSPS) is 11.7. The third-order valence-corrected chi connectivity index (χ3v) is 3.33. The molecule has 0 saturated carbocycles. The number of pyridine rings is 1. The van der Waals surface area contributed by atoms with Gasteiger partial charge in [0.15, 0.2) is 0 Å². The van der Waals surface area contributed by atoms with E-state index < -0.39 is 5.54 Å². The monoisotopic (exact) mass is 263 g/mol. The third kappa shape index (κ3) is 2.45. The first-order valence-corrected chi connectivity index (χ1v) is 6.12. The van der Waals surface area contributed by atoms with Gasteiger partial charge in [0.1, 0.15) is 0 Å². The summed E-state index contributed by atoms with van der Waals surface area (Å²) >= 11 is 0. The van der Waals surface area contributed by atoms with Crippen LogP contribution in [0.2, 0.25) is 0 Å². The van der Waals surface area contributed by atoms with Crippen LogP contribution in [0.15, 0.2) is 30.6 Å². The molecule has 0 saturated heterocycles. The van der Waals surface area contributed by atoms with E-state index in [9.17, 15) is 15.0 Å². The van der Waals surface area contributed by atoms with Crippen molar-refractivity contribution in [3.63, 3.8) is 0 Å². The zero-order valence-electron chi connectivity index (χ0n) is 10.7. The van der Waals surface area contributed by atoms with E-state index in [2.05, 4.69) is 10.4 Å². The number of carbonyl (C=O) groups excluding carboxylic acids is 1. The summed E-state index contributed by atoms with van der Waals surface area (Å²) in [6.07, 6.45) is 3.65. The fourth-order valence-electron chi connectivity index (χ4n) is 1.86. The van der Waals surface area contributed by atoms with E-state index in [-0.39, 0.29) is 19.1 Å². The minimum atomic E-state index is -1.000. The number of carbonyl (C=O) groups is 1. The number of aliphatic hydroxyl groups is 2. The lowest BCUT2D eigenvalue weighted by Crippen LogP contribution is -2.53. The van der Waals surface area contributed by atoms with E-state index in [1.54, 1.807) is 23.7 Å². The molecule has 0 aliphatic rings. The number of aliphatic hydroxyl groups excluding tert-OH is 2. The molecule has 0 aliphatic heterocycles. The Balaban J connectivity index is 2.29. The van der Waals surface area contributed by atoms with Gasteiger partial charge >= 0.3 is 0 Å². The molecule has 19 heavy (non-hydrogen) atoms. The maximum Gasteiger partial charge on any atom is 0.255 e. The van der Waals surface area contributed by atoms with Crippen molar-refractivity contribution in [2.75, 3.05) is 13.2 Å². The highest BCUT2D eigenvalue weighted by Crippen LogP contribution is 2.14. The molecule has 2 aromatic heterocycles. The Labute approximate surface area is 110 Å². The van der Waals surface area contributed by atoms with Crippen LogP contribution in [0.3, 0.4) is 0 Å². The first-order valence-electron chi connectivity index (χ1n) is 6.12. The molecule has 6 nitrogen and oxygen atoms in total. The number of rotatable bonds is 5. The maximum absolute atomic E-state index is 12.2. The average molecular weight is 263 g/mol. The molecule has 1 amide bonds. The molecule has 3 N–H and O–H groups in total. The Morgan fingerprint density at radius 2 is 2.16 bits per heavy atom. The molecule has 2 heterocycles. The van der Waals surface area contributed by atoms with Gasteiger partial charge in [0, 0.05) is 6.20 Å². The number of nitrogens with one attached hydrogen (secondary N) is 1. The van der Waals surface area contributed by atoms with Crippen LogP contribution in [0, 0.1) is 0 Å². The minimum absolute atomic E-state index is 0.315. The van der Waals surface area contributed by atoms with Gasteiger partial charge in [-0.25, -0.2) is 4.52 Å². The predicted octanol–water partition coefficient (Wildman–Crippen LogP) is 0.197.